The maximum Gasteiger partial charge on any atom is 0.225 e. The Morgan fingerprint density at radius 1 is 1.29 bits per heavy atom. The van der Waals surface area contributed by atoms with Gasteiger partial charge >= 0.3 is 0 Å². The van der Waals surface area contributed by atoms with Crippen LogP contribution in [-0.2, 0) is 11.3 Å². The summed E-state index contributed by atoms with van der Waals surface area (Å²) in [5, 5.41) is 0. The van der Waals surface area contributed by atoms with Crippen molar-refractivity contribution in [1.29, 1.82) is 0 Å². The fourth-order valence-electron chi connectivity index (χ4n) is 3.69. The molecule has 1 amide bonds. The summed E-state index contributed by atoms with van der Waals surface area (Å²) in [6.45, 7) is 3.81. The van der Waals surface area contributed by atoms with E-state index in [2.05, 4.69) is 4.90 Å². The Labute approximate surface area is 142 Å². The van der Waals surface area contributed by atoms with Crippen LogP contribution in [0.25, 0.3) is 0 Å². The first kappa shape index (κ1) is 17.2. The molecular formula is C18H26FN3O2. The summed E-state index contributed by atoms with van der Waals surface area (Å²) in [5.41, 5.74) is 6.84. The van der Waals surface area contributed by atoms with E-state index in [-0.39, 0.29) is 29.4 Å². The molecule has 2 aliphatic rings. The highest BCUT2D eigenvalue weighted by molar-refractivity contribution is 5.79. The zero-order chi connectivity index (χ0) is 17.1. The molecule has 3 rings (SSSR count). The van der Waals surface area contributed by atoms with Crippen molar-refractivity contribution >= 4 is 5.91 Å². The highest BCUT2D eigenvalue weighted by Gasteiger charge is 2.32. The molecule has 5 nitrogen and oxygen atoms in total. The summed E-state index contributed by atoms with van der Waals surface area (Å²) in [5.74, 6) is 0.311. The van der Waals surface area contributed by atoms with Gasteiger partial charge < -0.3 is 15.4 Å². The van der Waals surface area contributed by atoms with Crippen molar-refractivity contribution in [3.05, 3.63) is 29.6 Å². The lowest BCUT2D eigenvalue weighted by atomic mass is 10.1. The van der Waals surface area contributed by atoms with E-state index in [0.717, 1.165) is 51.0 Å². The van der Waals surface area contributed by atoms with Gasteiger partial charge in [0.05, 0.1) is 7.11 Å². The lowest BCUT2D eigenvalue weighted by molar-refractivity contribution is -0.137. The average Bonchev–Trinajstić information content (AvgIpc) is 3.02. The Morgan fingerprint density at radius 3 is 2.62 bits per heavy atom. The largest absolute Gasteiger partial charge is 0.494 e. The minimum Gasteiger partial charge on any atom is -0.494 e. The predicted molar refractivity (Wildman–Crippen MR) is 90.1 cm³/mol. The topological polar surface area (TPSA) is 58.8 Å². The van der Waals surface area contributed by atoms with Gasteiger partial charge in [0.1, 0.15) is 0 Å². The number of methoxy groups -OCH3 is 1. The number of piperazine rings is 1. The fourth-order valence-corrected chi connectivity index (χ4v) is 3.69. The van der Waals surface area contributed by atoms with Gasteiger partial charge in [-0.15, -0.1) is 0 Å². The van der Waals surface area contributed by atoms with Crippen molar-refractivity contribution in [2.24, 2.45) is 11.7 Å². The zero-order valence-corrected chi connectivity index (χ0v) is 14.2. The fraction of sp³-hybridized carbons (Fsp3) is 0.611. The van der Waals surface area contributed by atoms with E-state index >= 15 is 0 Å². The second kappa shape index (κ2) is 7.49. The third-order valence-corrected chi connectivity index (χ3v) is 5.13. The number of amides is 1. The van der Waals surface area contributed by atoms with Gasteiger partial charge in [0.15, 0.2) is 11.6 Å². The van der Waals surface area contributed by atoms with Gasteiger partial charge in [0, 0.05) is 44.7 Å². The van der Waals surface area contributed by atoms with Crippen LogP contribution >= 0.6 is 0 Å². The number of ether oxygens (including phenoxy) is 1. The van der Waals surface area contributed by atoms with Crippen molar-refractivity contribution in [2.45, 2.75) is 31.8 Å². The highest BCUT2D eigenvalue weighted by Crippen LogP contribution is 2.26. The predicted octanol–water partition coefficient (Wildman–Crippen LogP) is 1.61. The van der Waals surface area contributed by atoms with Gasteiger partial charge in [-0.1, -0.05) is 6.07 Å². The van der Waals surface area contributed by atoms with Crippen molar-refractivity contribution in [1.82, 2.24) is 9.80 Å². The molecule has 2 N–H and O–H groups in total. The summed E-state index contributed by atoms with van der Waals surface area (Å²) in [6, 6.07) is 5.26. The molecule has 2 fully saturated rings. The molecule has 0 unspecified atom stereocenters. The van der Waals surface area contributed by atoms with Crippen LogP contribution in [0.4, 0.5) is 4.39 Å². The monoisotopic (exact) mass is 335 g/mol. The van der Waals surface area contributed by atoms with Gasteiger partial charge in [-0.2, -0.15) is 0 Å². The smallest absolute Gasteiger partial charge is 0.225 e. The van der Waals surface area contributed by atoms with Crippen LogP contribution in [-0.4, -0.2) is 55.0 Å². The Hall–Kier alpha value is -1.66. The van der Waals surface area contributed by atoms with E-state index in [1.807, 2.05) is 11.0 Å². The molecule has 132 valence electrons. The number of hydrogen-bond acceptors (Lipinski definition) is 4. The standard InChI is InChI=1S/C18H26FN3O2/c1-24-17-5-2-13(10-16(17)19)12-21-6-8-22(9-7-21)18(23)14-3-4-15(20)11-14/h2,5,10,14-15H,3-4,6-9,11-12,20H2,1H3/t14-,15+/m1/s1. The molecule has 0 spiro atoms. The highest BCUT2D eigenvalue weighted by atomic mass is 19.1. The van der Waals surface area contributed by atoms with Crippen LogP contribution in [0, 0.1) is 11.7 Å². The molecule has 1 heterocycles. The van der Waals surface area contributed by atoms with Crippen LogP contribution in [0.2, 0.25) is 0 Å². The molecule has 0 aromatic heterocycles. The van der Waals surface area contributed by atoms with Gasteiger partial charge in [-0.25, -0.2) is 4.39 Å². The number of nitrogens with two attached hydrogens (primary N) is 1. The number of hydrogen-bond donors (Lipinski definition) is 1. The Kier molecular flexibility index (Phi) is 5.36. The first-order valence-corrected chi connectivity index (χ1v) is 8.66. The summed E-state index contributed by atoms with van der Waals surface area (Å²) < 4.78 is 18.7. The van der Waals surface area contributed by atoms with Crippen LogP contribution in [0.1, 0.15) is 24.8 Å². The molecule has 2 atom stereocenters. The van der Waals surface area contributed by atoms with Crippen LogP contribution < -0.4 is 10.5 Å². The Balaban J connectivity index is 1.50. The van der Waals surface area contributed by atoms with Crippen LogP contribution in [0.3, 0.4) is 0 Å². The quantitative estimate of drug-likeness (QED) is 0.908. The average molecular weight is 335 g/mol. The third kappa shape index (κ3) is 3.87. The van der Waals surface area contributed by atoms with Gasteiger partial charge in [-0.05, 0) is 37.0 Å². The lowest BCUT2D eigenvalue weighted by Crippen LogP contribution is -2.49. The minimum absolute atomic E-state index is 0.113. The van der Waals surface area contributed by atoms with E-state index in [1.54, 1.807) is 6.07 Å². The molecule has 1 aromatic rings. The summed E-state index contributed by atoms with van der Waals surface area (Å²) in [6.07, 6.45) is 2.70. The Morgan fingerprint density at radius 2 is 2.04 bits per heavy atom. The zero-order valence-electron chi connectivity index (χ0n) is 14.2. The maximum absolute atomic E-state index is 13.8. The maximum atomic E-state index is 13.8. The van der Waals surface area contributed by atoms with Gasteiger partial charge in [0.25, 0.3) is 0 Å². The molecule has 1 saturated carbocycles. The summed E-state index contributed by atoms with van der Waals surface area (Å²) >= 11 is 0. The first-order chi connectivity index (χ1) is 11.6. The molecular weight excluding hydrogens is 309 g/mol. The van der Waals surface area contributed by atoms with E-state index in [1.165, 1.54) is 13.2 Å². The van der Waals surface area contributed by atoms with Crippen molar-refractivity contribution < 1.29 is 13.9 Å². The van der Waals surface area contributed by atoms with Crippen molar-refractivity contribution in [3.8, 4) is 5.75 Å². The summed E-state index contributed by atoms with van der Waals surface area (Å²) in [4.78, 5) is 16.7. The van der Waals surface area contributed by atoms with Gasteiger partial charge in [-0.3, -0.25) is 9.69 Å². The number of halogens is 1. The second-order valence-electron chi connectivity index (χ2n) is 6.84. The molecule has 6 heteroatoms. The number of carbonyl (C=O) groups excluding carboxylic acids is 1. The van der Waals surface area contributed by atoms with E-state index in [0.29, 0.717) is 6.54 Å². The van der Waals surface area contributed by atoms with Crippen LogP contribution in [0.15, 0.2) is 18.2 Å². The van der Waals surface area contributed by atoms with E-state index < -0.39 is 0 Å². The van der Waals surface area contributed by atoms with E-state index in [9.17, 15) is 9.18 Å². The molecule has 24 heavy (non-hydrogen) atoms. The first-order valence-electron chi connectivity index (χ1n) is 8.66. The molecule has 1 saturated heterocycles. The van der Waals surface area contributed by atoms with E-state index in [4.69, 9.17) is 10.5 Å². The molecule has 1 aromatic carbocycles. The number of carbonyl (C=O) groups is 1. The van der Waals surface area contributed by atoms with Crippen LogP contribution in [0.5, 0.6) is 5.75 Å². The lowest BCUT2D eigenvalue weighted by Gasteiger charge is -2.36. The van der Waals surface area contributed by atoms with Crippen molar-refractivity contribution in [2.75, 3.05) is 33.3 Å². The minimum atomic E-state index is -0.332. The van der Waals surface area contributed by atoms with Crippen molar-refractivity contribution in [3.63, 3.8) is 0 Å². The Bertz CT molecular complexity index is 588. The number of benzene rings is 1. The second-order valence-corrected chi connectivity index (χ2v) is 6.84. The molecule has 0 bridgehead atoms. The molecule has 1 aliphatic carbocycles. The molecule has 1 aliphatic heterocycles. The number of nitrogens with zero attached hydrogens (tertiary/aromatic N) is 2. The SMILES string of the molecule is COc1ccc(CN2CCN(C(=O)[C@@H]3CC[C@H](N)C3)CC2)cc1F. The normalized spacial score (nSPS) is 25.0. The molecule has 0 radical (unpaired) electrons. The number of rotatable bonds is 4. The third-order valence-electron chi connectivity index (χ3n) is 5.13. The van der Waals surface area contributed by atoms with Gasteiger partial charge in [0.2, 0.25) is 5.91 Å². The summed E-state index contributed by atoms with van der Waals surface area (Å²) in [7, 11) is 1.46.